The second-order valence-electron chi connectivity index (χ2n) is 3.20. The summed E-state index contributed by atoms with van der Waals surface area (Å²) in [6.45, 7) is 3.94. The van der Waals surface area contributed by atoms with E-state index in [2.05, 4.69) is 11.9 Å². The van der Waals surface area contributed by atoms with E-state index in [1.807, 2.05) is 0 Å². The van der Waals surface area contributed by atoms with Crippen molar-refractivity contribution in [2.24, 2.45) is 5.73 Å². The molecular weight excluding hydrogens is 224 g/mol. The zero-order chi connectivity index (χ0) is 11.8. The maximum Gasteiger partial charge on any atom is 0.137 e. The molecule has 0 unspecified atom stereocenters. The maximum absolute atomic E-state index is 5.43. The Morgan fingerprint density at radius 2 is 2.19 bits per heavy atom. The molecule has 0 aliphatic rings. The number of aromatic nitrogens is 1. The van der Waals surface area contributed by atoms with Crippen molar-refractivity contribution in [2.45, 2.75) is 13.3 Å². The van der Waals surface area contributed by atoms with E-state index in [9.17, 15) is 0 Å². The zero-order valence-corrected chi connectivity index (χ0v) is 10.1. The summed E-state index contributed by atoms with van der Waals surface area (Å²) in [4.78, 5) is 4.35. The first-order chi connectivity index (χ1) is 7.74. The Kier molecular flexibility index (Phi) is 5.74. The summed E-state index contributed by atoms with van der Waals surface area (Å²) in [7, 11) is 0. The highest BCUT2D eigenvalue weighted by molar-refractivity contribution is 7.80. The van der Waals surface area contributed by atoms with Crippen molar-refractivity contribution in [3.63, 3.8) is 0 Å². The predicted octanol–water partition coefficient (Wildman–Crippen LogP) is 1.52. The van der Waals surface area contributed by atoms with Gasteiger partial charge in [0.2, 0.25) is 0 Å². The molecule has 1 rings (SSSR count). The highest BCUT2D eigenvalue weighted by atomic mass is 32.1. The minimum Gasteiger partial charge on any atom is -0.490 e. The second-order valence-corrected chi connectivity index (χ2v) is 3.64. The molecule has 0 spiro atoms. The predicted molar refractivity (Wildman–Crippen MR) is 66.7 cm³/mol. The van der Waals surface area contributed by atoms with Crippen LogP contribution in [0.25, 0.3) is 0 Å². The third kappa shape index (κ3) is 4.55. The van der Waals surface area contributed by atoms with Crippen LogP contribution in [0, 0.1) is 0 Å². The van der Waals surface area contributed by atoms with Gasteiger partial charge in [0, 0.05) is 6.61 Å². The molecule has 0 amide bonds. The number of nitrogens with zero attached hydrogens (tertiary/aromatic N) is 1. The molecule has 1 heterocycles. The van der Waals surface area contributed by atoms with E-state index in [-0.39, 0.29) is 4.99 Å². The largest absolute Gasteiger partial charge is 0.490 e. The van der Waals surface area contributed by atoms with Gasteiger partial charge in [-0.25, -0.2) is 4.98 Å². The van der Waals surface area contributed by atoms with E-state index in [1.165, 1.54) is 0 Å². The Morgan fingerprint density at radius 3 is 2.75 bits per heavy atom. The lowest BCUT2D eigenvalue weighted by molar-refractivity contribution is 0.100. The van der Waals surface area contributed by atoms with E-state index in [0.717, 1.165) is 13.0 Å². The van der Waals surface area contributed by atoms with Crippen LogP contribution in [0.3, 0.4) is 0 Å². The Labute approximate surface area is 101 Å². The van der Waals surface area contributed by atoms with Gasteiger partial charge < -0.3 is 15.2 Å². The van der Waals surface area contributed by atoms with Crippen LogP contribution < -0.4 is 10.5 Å². The minimum atomic E-state index is 0.290. The van der Waals surface area contributed by atoms with Crippen molar-refractivity contribution < 1.29 is 9.47 Å². The summed E-state index contributed by atoms with van der Waals surface area (Å²) in [5.74, 6) is 0.695. The number of hydrogen-bond acceptors (Lipinski definition) is 4. The van der Waals surface area contributed by atoms with Crippen LogP contribution in [0.4, 0.5) is 0 Å². The van der Waals surface area contributed by atoms with Crippen molar-refractivity contribution in [3.05, 3.63) is 24.0 Å². The Bertz CT molecular complexity index is 327. The molecule has 0 saturated heterocycles. The summed E-state index contributed by atoms with van der Waals surface area (Å²) in [5, 5.41) is 0. The molecule has 16 heavy (non-hydrogen) atoms. The van der Waals surface area contributed by atoms with E-state index in [1.54, 1.807) is 18.3 Å². The third-order valence-corrected chi connectivity index (χ3v) is 2.04. The van der Waals surface area contributed by atoms with Gasteiger partial charge in [0.05, 0.1) is 18.5 Å². The number of nitrogens with two attached hydrogens (primary N) is 1. The molecule has 0 aliphatic heterocycles. The standard InChI is InChI=1S/C11H16N2O2S/c1-2-5-14-6-7-15-9-3-4-10(11(12)16)13-8-9/h3-4,8H,2,5-7H2,1H3,(H2,12,16). The highest BCUT2D eigenvalue weighted by Crippen LogP contribution is 2.08. The quantitative estimate of drug-likeness (QED) is 0.578. The molecule has 0 aliphatic carbocycles. The summed E-state index contributed by atoms with van der Waals surface area (Å²) in [6, 6.07) is 3.53. The van der Waals surface area contributed by atoms with Crippen LogP contribution in [0.2, 0.25) is 0 Å². The molecule has 0 radical (unpaired) electrons. The van der Waals surface area contributed by atoms with Crippen LogP contribution in [0.5, 0.6) is 5.75 Å². The lowest BCUT2D eigenvalue weighted by Gasteiger charge is -2.06. The van der Waals surface area contributed by atoms with Gasteiger partial charge in [-0.05, 0) is 18.6 Å². The van der Waals surface area contributed by atoms with Gasteiger partial charge in [0.15, 0.2) is 0 Å². The fourth-order valence-electron chi connectivity index (χ4n) is 1.08. The fourth-order valence-corrected chi connectivity index (χ4v) is 1.20. The van der Waals surface area contributed by atoms with E-state index < -0.39 is 0 Å². The van der Waals surface area contributed by atoms with Crippen LogP contribution in [-0.2, 0) is 4.74 Å². The Balaban J connectivity index is 2.29. The lowest BCUT2D eigenvalue weighted by Crippen LogP contribution is -2.11. The van der Waals surface area contributed by atoms with Gasteiger partial charge in [-0.3, -0.25) is 0 Å². The van der Waals surface area contributed by atoms with Crippen LogP contribution in [0.1, 0.15) is 19.0 Å². The van der Waals surface area contributed by atoms with Crippen LogP contribution >= 0.6 is 12.2 Å². The molecule has 1 aromatic rings. The summed E-state index contributed by atoms with van der Waals surface area (Å²) in [6.07, 6.45) is 2.62. The van der Waals surface area contributed by atoms with Gasteiger partial charge in [-0.15, -0.1) is 0 Å². The van der Waals surface area contributed by atoms with Crippen molar-refractivity contribution in [1.82, 2.24) is 4.98 Å². The van der Waals surface area contributed by atoms with Crippen molar-refractivity contribution in [3.8, 4) is 5.75 Å². The Hall–Kier alpha value is -1.20. The van der Waals surface area contributed by atoms with Gasteiger partial charge in [0.1, 0.15) is 17.3 Å². The fraction of sp³-hybridized carbons (Fsp3) is 0.455. The number of rotatable bonds is 7. The van der Waals surface area contributed by atoms with Crippen molar-refractivity contribution in [1.29, 1.82) is 0 Å². The molecule has 0 fully saturated rings. The van der Waals surface area contributed by atoms with E-state index in [4.69, 9.17) is 27.4 Å². The average Bonchev–Trinajstić information content (AvgIpc) is 2.29. The zero-order valence-electron chi connectivity index (χ0n) is 9.31. The minimum absolute atomic E-state index is 0.290. The first-order valence-corrected chi connectivity index (χ1v) is 5.61. The lowest BCUT2D eigenvalue weighted by atomic mass is 10.3. The summed E-state index contributed by atoms with van der Waals surface area (Å²) in [5.41, 5.74) is 6.03. The van der Waals surface area contributed by atoms with Gasteiger partial charge in [0.25, 0.3) is 0 Å². The normalized spacial score (nSPS) is 10.1. The third-order valence-electron chi connectivity index (χ3n) is 1.83. The monoisotopic (exact) mass is 240 g/mol. The summed E-state index contributed by atoms with van der Waals surface area (Å²) >= 11 is 4.80. The second kappa shape index (κ2) is 7.14. The number of hydrogen-bond donors (Lipinski definition) is 1. The molecular formula is C11H16N2O2S. The molecule has 4 nitrogen and oxygen atoms in total. The van der Waals surface area contributed by atoms with Gasteiger partial charge >= 0.3 is 0 Å². The smallest absolute Gasteiger partial charge is 0.137 e. The SMILES string of the molecule is CCCOCCOc1ccc(C(N)=S)nc1. The number of thiocarbonyl (C=S) groups is 1. The van der Waals surface area contributed by atoms with Gasteiger partial charge in [-0.1, -0.05) is 19.1 Å². The first-order valence-electron chi connectivity index (χ1n) is 5.20. The molecule has 0 aromatic carbocycles. The Morgan fingerprint density at radius 1 is 1.38 bits per heavy atom. The molecule has 2 N–H and O–H groups in total. The first kappa shape index (κ1) is 12.9. The number of ether oxygens (including phenoxy) is 2. The molecule has 88 valence electrons. The van der Waals surface area contributed by atoms with Crippen molar-refractivity contribution >= 4 is 17.2 Å². The molecule has 0 bridgehead atoms. The summed E-state index contributed by atoms with van der Waals surface area (Å²) < 4.78 is 10.7. The topological polar surface area (TPSA) is 57.4 Å². The van der Waals surface area contributed by atoms with E-state index in [0.29, 0.717) is 24.7 Å². The molecule has 5 heteroatoms. The highest BCUT2D eigenvalue weighted by Gasteiger charge is 1.98. The average molecular weight is 240 g/mol. The number of pyridine rings is 1. The maximum atomic E-state index is 5.43. The molecule has 0 atom stereocenters. The van der Waals surface area contributed by atoms with Crippen molar-refractivity contribution in [2.75, 3.05) is 19.8 Å². The van der Waals surface area contributed by atoms with Crippen LogP contribution in [-0.4, -0.2) is 29.8 Å². The van der Waals surface area contributed by atoms with E-state index >= 15 is 0 Å². The van der Waals surface area contributed by atoms with Gasteiger partial charge in [-0.2, -0.15) is 0 Å². The molecule has 1 aromatic heterocycles. The van der Waals surface area contributed by atoms with Crippen LogP contribution in [0.15, 0.2) is 18.3 Å². The molecule has 0 saturated carbocycles.